The minimum Gasteiger partial charge on any atom is -0.0988 e. The minimum absolute atomic E-state index is 0.920. The lowest BCUT2D eigenvalue weighted by Crippen LogP contribution is -1.53. The standard InChI is InChI=1S/C11H14/c1-3-5-7-9-11-10-8-6-4-2/h3,5,7,9-11H,4H2,1-2H3/b5-3+,9-7+,11-10-. The molecule has 0 aromatic rings. The van der Waals surface area contributed by atoms with Crippen LogP contribution < -0.4 is 0 Å². The molecule has 0 aliphatic carbocycles. The zero-order valence-electron chi connectivity index (χ0n) is 7.17. The van der Waals surface area contributed by atoms with Crippen LogP contribution in [0, 0.1) is 11.8 Å². The molecule has 0 bridgehead atoms. The van der Waals surface area contributed by atoms with Crippen LogP contribution in [-0.4, -0.2) is 0 Å². The molecule has 58 valence electrons. The SMILES string of the molecule is C/C=C/C=C/C=C\C#CCC. The zero-order chi connectivity index (χ0) is 8.36. The van der Waals surface area contributed by atoms with Gasteiger partial charge in [0, 0.05) is 6.42 Å². The summed E-state index contributed by atoms with van der Waals surface area (Å²) in [5.41, 5.74) is 0. The Hall–Kier alpha value is -1.22. The summed E-state index contributed by atoms with van der Waals surface area (Å²) in [7, 11) is 0. The lowest BCUT2D eigenvalue weighted by molar-refractivity contribution is 1.28. The van der Waals surface area contributed by atoms with Gasteiger partial charge in [0.25, 0.3) is 0 Å². The molecule has 0 amide bonds. The smallest absolute Gasteiger partial charge is 0.00637 e. The van der Waals surface area contributed by atoms with E-state index in [0.717, 1.165) is 6.42 Å². The lowest BCUT2D eigenvalue weighted by atomic mass is 10.4. The van der Waals surface area contributed by atoms with Gasteiger partial charge in [0.1, 0.15) is 0 Å². The molecule has 0 aliphatic heterocycles. The molecule has 0 aromatic heterocycles. The topological polar surface area (TPSA) is 0 Å². The van der Waals surface area contributed by atoms with Gasteiger partial charge in [-0.15, -0.1) is 0 Å². The Morgan fingerprint density at radius 1 is 1.09 bits per heavy atom. The van der Waals surface area contributed by atoms with Gasteiger partial charge < -0.3 is 0 Å². The van der Waals surface area contributed by atoms with Crippen LogP contribution in [0.5, 0.6) is 0 Å². The van der Waals surface area contributed by atoms with Crippen molar-refractivity contribution < 1.29 is 0 Å². The zero-order valence-corrected chi connectivity index (χ0v) is 7.17. The van der Waals surface area contributed by atoms with E-state index >= 15 is 0 Å². The van der Waals surface area contributed by atoms with Crippen molar-refractivity contribution >= 4 is 0 Å². The largest absolute Gasteiger partial charge is 0.0988 e. The van der Waals surface area contributed by atoms with Crippen molar-refractivity contribution in [1.29, 1.82) is 0 Å². The highest BCUT2D eigenvalue weighted by Crippen LogP contribution is 1.78. The molecule has 0 rings (SSSR count). The van der Waals surface area contributed by atoms with Gasteiger partial charge in [0.15, 0.2) is 0 Å². The number of hydrogen-bond acceptors (Lipinski definition) is 0. The van der Waals surface area contributed by atoms with E-state index in [4.69, 9.17) is 0 Å². The third-order valence-electron chi connectivity index (χ3n) is 0.984. The van der Waals surface area contributed by atoms with Crippen molar-refractivity contribution in [3.63, 3.8) is 0 Å². The third kappa shape index (κ3) is 8.78. The van der Waals surface area contributed by atoms with E-state index in [-0.39, 0.29) is 0 Å². The van der Waals surface area contributed by atoms with E-state index in [9.17, 15) is 0 Å². The van der Waals surface area contributed by atoms with Crippen LogP contribution in [0.3, 0.4) is 0 Å². The fraction of sp³-hybridized carbons (Fsp3) is 0.273. The maximum absolute atomic E-state index is 2.95. The molecular weight excluding hydrogens is 132 g/mol. The van der Waals surface area contributed by atoms with Crippen LogP contribution in [0.15, 0.2) is 36.5 Å². The Bertz CT molecular complexity index is 206. The maximum Gasteiger partial charge on any atom is 0.00637 e. The third-order valence-corrected chi connectivity index (χ3v) is 0.984. The van der Waals surface area contributed by atoms with E-state index in [1.807, 2.05) is 50.3 Å². The summed E-state index contributed by atoms with van der Waals surface area (Å²) in [5, 5.41) is 0. The summed E-state index contributed by atoms with van der Waals surface area (Å²) in [6, 6.07) is 0. The van der Waals surface area contributed by atoms with Gasteiger partial charge >= 0.3 is 0 Å². The van der Waals surface area contributed by atoms with Crippen molar-refractivity contribution in [2.75, 3.05) is 0 Å². The molecule has 0 aliphatic rings. The van der Waals surface area contributed by atoms with E-state index < -0.39 is 0 Å². The summed E-state index contributed by atoms with van der Waals surface area (Å²) in [4.78, 5) is 0. The molecule has 0 radical (unpaired) electrons. The fourth-order valence-electron chi connectivity index (χ4n) is 0.504. The van der Waals surface area contributed by atoms with E-state index in [0.29, 0.717) is 0 Å². The predicted octanol–water partition coefficient (Wildman–Crippen LogP) is 3.09. The van der Waals surface area contributed by atoms with Crippen molar-refractivity contribution in [3.8, 4) is 11.8 Å². The summed E-state index contributed by atoms with van der Waals surface area (Å²) < 4.78 is 0. The Kier molecular flexibility index (Phi) is 7.81. The summed E-state index contributed by atoms with van der Waals surface area (Å²) in [6.45, 7) is 4.03. The second-order valence-electron chi connectivity index (χ2n) is 1.94. The molecule has 0 heteroatoms. The summed E-state index contributed by atoms with van der Waals surface area (Å²) in [6.07, 6.45) is 12.6. The highest BCUT2D eigenvalue weighted by Gasteiger charge is 1.60. The molecule has 0 heterocycles. The van der Waals surface area contributed by atoms with Crippen molar-refractivity contribution in [2.24, 2.45) is 0 Å². The first-order chi connectivity index (χ1) is 5.41. The first-order valence-electron chi connectivity index (χ1n) is 3.84. The lowest BCUT2D eigenvalue weighted by Gasteiger charge is -1.70. The van der Waals surface area contributed by atoms with Gasteiger partial charge in [-0.25, -0.2) is 0 Å². The Labute approximate surface area is 69.3 Å². The van der Waals surface area contributed by atoms with Crippen LogP contribution in [0.2, 0.25) is 0 Å². The van der Waals surface area contributed by atoms with Crippen molar-refractivity contribution in [2.45, 2.75) is 20.3 Å². The van der Waals surface area contributed by atoms with Gasteiger partial charge in [-0.05, 0) is 13.0 Å². The van der Waals surface area contributed by atoms with Crippen LogP contribution in [0.4, 0.5) is 0 Å². The highest BCUT2D eigenvalue weighted by molar-refractivity contribution is 5.20. The van der Waals surface area contributed by atoms with Gasteiger partial charge in [0.05, 0.1) is 0 Å². The average Bonchev–Trinajstić information content (AvgIpc) is 2.03. The normalized spacial score (nSPS) is 11.1. The molecule has 0 unspecified atom stereocenters. The van der Waals surface area contributed by atoms with E-state index in [1.54, 1.807) is 0 Å². The quantitative estimate of drug-likeness (QED) is 0.415. The van der Waals surface area contributed by atoms with Crippen LogP contribution >= 0.6 is 0 Å². The van der Waals surface area contributed by atoms with Gasteiger partial charge in [-0.1, -0.05) is 49.1 Å². The molecule has 0 atom stereocenters. The number of rotatable bonds is 2. The first kappa shape index (κ1) is 9.78. The first-order valence-corrected chi connectivity index (χ1v) is 3.84. The Balaban J connectivity index is 3.59. The molecular formula is C11H14. The minimum atomic E-state index is 0.920. The highest BCUT2D eigenvalue weighted by atomic mass is 13.7. The fourth-order valence-corrected chi connectivity index (χ4v) is 0.504. The van der Waals surface area contributed by atoms with Gasteiger partial charge in [-0.2, -0.15) is 0 Å². The summed E-state index contributed by atoms with van der Waals surface area (Å²) in [5.74, 6) is 5.86. The van der Waals surface area contributed by atoms with Gasteiger partial charge in [-0.3, -0.25) is 0 Å². The van der Waals surface area contributed by atoms with Crippen molar-refractivity contribution in [1.82, 2.24) is 0 Å². The predicted molar refractivity (Wildman–Crippen MR) is 51.2 cm³/mol. The van der Waals surface area contributed by atoms with Crippen LogP contribution in [0.1, 0.15) is 20.3 Å². The van der Waals surface area contributed by atoms with Crippen molar-refractivity contribution in [3.05, 3.63) is 36.5 Å². The second kappa shape index (κ2) is 8.78. The maximum atomic E-state index is 2.95. The molecule has 11 heavy (non-hydrogen) atoms. The van der Waals surface area contributed by atoms with Crippen LogP contribution in [0.25, 0.3) is 0 Å². The average molecular weight is 146 g/mol. The monoisotopic (exact) mass is 146 g/mol. The molecule has 0 nitrogen and oxygen atoms in total. The molecule has 0 N–H and O–H groups in total. The van der Waals surface area contributed by atoms with Crippen LogP contribution in [-0.2, 0) is 0 Å². The number of allylic oxidation sites excluding steroid dienone is 6. The van der Waals surface area contributed by atoms with E-state index in [1.165, 1.54) is 0 Å². The number of hydrogen-bond donors (Lipinski definition) is 0. The summed E-state index contributed by atoms with van der Waals surface area (Å²) >= 11 is 0. The Morgan fingerprint density at radius 2 is 1.82 bits per heavy atom. The second-order valence-corrected chi connectivity index (χ2v) is 1.94. The molecule has 0 saturated heterocycles. The molecule has 0 fully saturated rings. The van der Waals surface area contributed by atoms with Gasteiger partial charge in [0.2, 0.25) is 0 Å². The molecule has 0 spiro atoms. The molecule has 0 aromatic carbocycles. The van der Waals surface area contributed by atoms with E-state index in [2.05, 4.69) is 11.8 Å². The molecule has 0 saturated carbocycles. The Morgan fingerprint density at radius 3 is 2.45 bits per heavy atom.